The summed E-state index contributed by atoms with van der Waals surface area (Å²) in [5.74, 6) is 0. The van der Waals surface area contributed by atoms with Crippen LogP contribution >= 0.6 is 0 Å². The number of pyridine rings is 1. The van der Waals surface area contributed by atoms with Crippen LogP contribution in [0.25, 0.3) is 11.0 Å². The highest BCUT2D eigenvalue weighted by Crippen LogP contribution is 2.21. The highest BCUT2D eigenvalue weighted by Gasteiger charge is 2.12. The molecule has 2 heterocycles. The summed E-state index contributed by atoms with van der Waals surface area (Å²) in [7, 11) is 1.73. The molecule has 0 spiro atoms. The van der Waals surface area contributed by atoms with Crippen molar-refractivity contribution >= 4 is 11.0 Å². The van der Waals surface area contributed by atoms with E-state index in [9.17, 15) is 0 Å². The maximum absolute atomic E-state index is 5.90. The number of methoxy groups -OCH3 is 1. The van der Waals surface area contributed by atoms with Crippen LogP contribution in [-0.2, 0) is 17.7 Å². The van der Waals surface area contributed by atoms with Gasteiger partial charge in [0.1, 0.15) is 5.65 Å². The first-order valence-corrected chi connectivity index (χ1v) is 6.33. The van der Waals surface area contributed by atoms with Crippen LogP contribution in [0.3, 0.4) is 0 Å². The minimum Gasteiger partial charge on any atom is -0.380 e. The van der Waals surface area contributed by atoms with Crippen LogP contribution in [0.4, 0.5) is 0 Å². The minimum absolute atomic E-state index is 0.157. The maximum Gasteiger partial charge on any atom is 0.140 e. The number of nitrogens with zero attached hydrogens (tertiary/aromatic N) is 2. The monoisotopic (exact) mass is 247 g/mol. The van der Waals surface area contributed by atoms with Crippen LogP contribution in [0.15, 0.2) is 24.5 Å². The van der Waals surface area contributed by atoms with Crippen LogP contribution < -0.4 is 5.73 Å². The van der Waals surface area contributed by atoms with Gasteiger partial charge in [-0.15, -0.1) is 0 Å². The zero-order chi connectivity index (χ0) is 13.1. The first kappa shape index (κ1) is 13.1. The van der Waals surface area contributed by atoms with Gasteiger partial charge in [-0.05, 0) is 38.0 Å². The van der Waals surface area contributed by atoms with E-state index in [2.05, 4.69) is 28.7 Å². The van der Waals surface area contributed by atoms with E-state index < -0.39 is 0 Å². The van der Waals surface area contributed by atoms with Gasteiger partial charge in [0, 0.05) is 37.5 Å². The van der Waals surface area contributed by atoms with Crippen molar-refractivity contribution < 1.29 is 4.74 Å². The van der Waals surface area contributed by atoms with Gasteiger partial charge in [-0.25, -0.2) is 4.98 Å². The lowest BCUT2D eigenvalue weighted by Gasteiger charge is -2.10. The highest BCUT2D eigenvalue weighted by molar-refractivity contribution is 5.80. The van der Waals surface area contributed by atoms with Crippen LogP contribution in [0.5, 0.6) is 0 Å². The smallest absolute Gasteiger partial charge is 0.140 e. The van der Waals surface area contributed by atoms with Crippen molar-refractivity contribution in [2.45, 2.75) is 39.0 Å². The van der Waals surface area contributed by atoms with Gasteiger partial charge in [0.05, 0.1) is 6.10 Å². The van der Waals surface area contributed by atoms with E-state index in [1.165, 1.54) is 10.9 Å². The van der Waals surface area contributed by atoms with E-state index >= 15 is 0 Å². The Balaban J connectivity index is 2.40. The molecule has 2 N–H and O–H groups in total. The van der Waals surface area contributed by atoms with Crippen LogP contribution in [0.1, 0.15) is 19.4 Å². The molecular weight excluding hydrogens is 226 g/mol. The normalized spacial score (nSPS) is 14.9. The molecule has 0 fully saturated rings. The predicted molar refractivity (Wildman–Crippen MR) is 73.6 cm³/mol. The topological polar surface area (TPSA) is 53.1 Å². The Bertz CT molecular complexity index is 519. The maximum atomic E-state index is 5.90. The number of ether oxygens (including phenoxy) is 1. The molecule has 2 aromatic rings. The van der Waals surface area contributed by atoms with E-state index in [1.807, 2.05) is 19.2 Å². The average Bonchev–Trinajstić information content (AvgIpc) is 2.67. The van der Waals surface area contributed by atoms with E-state index in [-0.39, 0.29) is 12.1 Å². The molecular formula is C14H21N3O. The van der Waals surface area contributed by atoms with Gasteiger partial charge in [0.25, 0.3) is 0 Å². The number of aromatic nitrogens is 2. The molecule has 0 aliphatic rings. The predicted octanol–water partition coefficient (Wildman–Crippen LogP) is 1.96. The van der Waals surface area contributed by atoms with Crippen molar-refractivity contribution in [3.63, 3.8) is 0 Å². The van der Waals surface area contributed by atoms with Gasteiger partial charge in [0.2, 0.25) is 0 Å². The molecule has 0 saturated carbocycles. The Kier molecular flexibility index (Phi) is 3.99. The molecule has 98 valence electrons. The molecule has 2 atom stereocenters. The second-order valence-electron chi connectivity index (χ2n) is 4.91. The van der Waals surface area contributed by atoms with Gasteiger partial charge >= 0.3 is 0 Å². The number of hydrogen-bond acceptors (Lipinski definition) is 3. The average molecular weight is 247 g/mol. The summed E-state index contributed by atoms with van der Waals surface area (Å²) in [4.78, 5) is 4.46. The van der Waals surface area contributed by atoms with E-state index in [4.69, 9.17) is 10.5 Å². The summed E-state index contributed by atoms with van der Waals surface area (Å²) >= 11 is 0. The summed E-state index contributed by atoms with van der Waals surface area (Å²) in [5.41, 5.74) is 8.17. The standard InChI is InChI=1S/C14H21N3O/c1-10(15)7-12-9-17(8-11(2)18-3)14-13(12)5-4-6-16-14/h4-6,9-11H,7-8,15H2,1-3H3. The molecule has 2 unspecified atom stereocenters. The lowest BCUT2D eigenvalue weighted by atomic mass is 10.1. The van der Waals surface area contributed by atoms with Crippen LogP contribution in [-0.4, -0.2) is 28.8 Å². The van der Waals surface area contributed by atoms with Crippen molar-refractivity contribution in [3.05, 3.63) is 30.1 Å². The molecule has 4 heteroatoms. The molecule has 0 bridgehead atoms. The van der Waals surface area contributed by atoms with Crippen LogP contribution in [0.2, 0.25) is 0 Å². The van der Waals surface area contributed by atoms with Gasteiger partial charge in [-0.2, -0.15) is 0 Å². The first-order valence-electron chi connectivity index (χ1n) is 6.33. The summed E-state index contributed by atoms with van der Waals surface area (Å²) in [5, 5.41) is 1.19. The molecule has 0 aliphatic carbocycles. The first-order chi connectivity index (χ1) is 8.61. The number of nitrogens with two attached hydrogens (primary N) is 1. The number of rotatable bonds is 5. The third kappa shape index (κ3) is 2.71. The molecule has 2 aromatic heterocycles. The fourth-order valence-corrected chi connectivity index (χ4v) is 2.20. The molecule has 0 aromatic carbocycles. The molecule has 0 radical (unpaired) electrons. The summed E-state index contributed by atoms with van der Waals surface area (Å²) in [6.45, 7) is 4.89. The zero-order valence-corrected chi connectivity index (χ0v) is 11.3. The van der Waals surface area contributed by atoms with Crippen molar-refractivity contribution in [2.24, 2.45) is 5.73 Å². The summed E-state index contributed by atoms with van der Waals surface area (Å²) < 4.78 is 7.47. The second-order valence-corrected chi connectivity index (χ2v) is 4.91. The molecule has 4 nitrogen and oxygen atoms in total. The Hall–Kier alpha value is -1.39. The van der Waals surface area contributed by atoms with Crippen LogP contribution in [0, 0.1) is 0 Å². The summed E-state index contributed by atoms with van der Waals surface area (Å²) in [6.07, 6.45) is 5.02. The third-order valence-corrected chi connectivity index (χ3v) is 3.11. The van der Waals surface area contributed by atoms with E-state index in [0.29, 0.717) is 0 Å². The van der Waals surface area contributed by atoms with Gasteiger partial charge in [-0.1, -0.05) is 0 Å². The molecule has 0 amide bonds. The lowest BCUT2D eigenvalue weighted by Crippen LogP contribution is -2.17. The van der Waals surface area contributed by atoms with Crippen molar-refractivity contribution in [2.75, 3.05) is 7.11 Å². The lowest BCUT2D eigenvalue weighted by molar-refractivity contribution is 0.104. The van der Waals surface area contributed by atoms with Crippen molar-refractivity contribution in [1.82, 2.24) is 9.55 Å². The minimum atomic E-state index is 0.157. The Morgan fingerprint density at radius 1 is 1.44 bits per heavy atom. The van der Waals surface area contributed by atoms with Gasteiger partial charge < -0.3 is 15.0 Å². The van der Waals surface area contributed by atoms with Crippen molar-refractivity contribution in [3.8, 4) is 0 Å². The van der Waals surface area contributed by atoms with E-state index in [0.717, 1.165) is 18.6 Å². The molecule has 0 saturated heterocycles. The molecule has 18 heavy (non-hydrogen) atoms. The van der Waals surface area contributed by atoms with Crippen molar-refractivity contribution in [1.29, 1.82) is 0 Å². The SMILES string of the molecule is COC(C)Cn1cc(CC(C)N)c2cccnc21. The third-order valence-electron chi connectivity index (χ3n) is 3.11. The summed E-state index contributed by atoms with van der Waals surface area (Å²) in [6, 6.07) is 4.23. The Morgan fingerprint density at radius 2 is 2.22 bits per heavy atom. The quantitative estimate of drug-likeness (QED) is 0.878. The van der Waals surface area contributed by atoms with Gasteiger partial charge in [-0.3, -0.25) is 0 Å². The molecule has 2 rings (SSSR count). The Morgan fingerprint density at radius 3 is 2.89 bits per heavy atom. The Labute approximate surface area is 108 Å². The highest BCUT2D eigenvalue weighted by atomic mass is 16.5. The van der Waals surface area contributed by atoms with Gasteiger partial charge in [0.15, 0.2) is 0 Å². The second kappa shape index (κ2) is 5.50. The van der Waals surface area contributed by atoms with E-state index in [1.54, 1.807) is 7.11 Å². The fraction of sp³-hybridized carbons (Fsp3) is 0.500. The number of hydrogen-bond donors (Lipinski definition) is 1. The number of fused-ring (bicyclic) bond motifs is 1. The largest absolute Gasteiger partial charge is 0.380 e. The molecule has 0 aliphatic heterocycles. The fourth-order valence-electron chi connectivity index (χ4n) is 2.20. The zero-order valence-electron chi connectivity index (χ0n) is 11.3.